The molecule has 2 heterocycles. The largest absolute Gasteiger partial charge is 0.476 e. The van der Waals surface area contributed by atoms with E-state index in [1.54, 1.807) is 0 Å². The fourth-order valence-corrected chi connectivity index (χ4v) is 3.98. The highest BCUT2D eigenvalue weighted by atomic mass is 35.5. The molecule has 4 heteroatoms. The molecule has 0 aromatic rings. The van der Waals surface area contributed by atoms with Gasteiger partial charge in [-0.1, -0.05) is 27.7 Å². The molecular formula is C15H28BClO2. The summed E-state index contributed by atoms with van der Waals surface area (Å²) in [5.41, 5.74) is 0.395. The smallest absolute Gasteiger partial charge is 0.410 e. The maximum atomic E-state index is 6.48. The van der Waals surface area contributed by atoms with E-state index in [9.17, 15) is 0 Å². The molecule has 0 spiro atoms. The van der Waals surface area contributed by atoms with Gasteiger partial charge in [0.2, 0.25) is 0 Å². The van der Waals surface area contributed by atoms with Crippen molar-refractivity contribution in [2.24, 2.45) is 23.2 Å². The summed E-state index contributed by atoms with van der Waals surface area (Å²) >= 11 is 6.48. The van der Waals surface area contributed by atoms with Crippen LogP contribution in [0.4, 0.5) is 0 Å². The summed E-state index contributed by atoms with van der Waals surface area (Å²) in [6, 6.07) is 0. The molecule has 4 atom stereocenters. The SMILES string of the molecule is CC(C)C[C@@H](Cl)B1OC[C@H]2C[C@@H](C[C@@H](C)O1)C2(C)C. The fourth-order valence-electron chi connectivity index (χ4n) is 3.49. The van der Waals surface area contributed by atoms with Crippen LogP contribution in [-0.2, 0) is 9.31 Å². The van der Waals surface area contributed by atoms with Gasteiger partial charge in [0.05, 0.1) is 5.28 Å². The van der Waals surface area contributed by atoms with E-state index in [-0.39, 0.29) is 18.5 Å². The number of hydrogen-bond donors (Lipinski definition) is 0. The highest BCUT2D eigenvalue weighted by molar-refractivity contribution is 6.59. The Hall–Kier alpha value is 0.275. The van der Waals surface area contributed by atoms with Crippen LogP contribution < -0.4 is 0 Å². The van der Waals surface area contributed by atoms with Crippen molar-refractivity contribution in [2.45, 2.75) is 65.3 Å². The first-order valence-corrected chi connectivity index (χ1v) is 8.15. The van der Waals surface area contributed by atoms with Crippen LogP contribution in [0.25, 0.3) is 0 Å². The zero-order valence-corrected chi connectivity index (χ0v) is 13.7. The molecule has 1 saturated carbocycles. The van der Waals surface area contributed by atoms with Gasteiger partial charge in [0.1, 0.15) is 0 Å². The van der Waals surface area contributed by atoms with E-state index in [1.165, 1.54) is 6.42 Å². The van der Waals surface area contributed by atoms with Crippen molar-refractivity contribution in [1.29, 1.82) is 0 Å². The quantitative estimate of drug-likeness (QED) is 0.573. The molecule has 0 unspecified atom stereocenters. The highest BCUT2D eigenvalue weighted by Crippen LogP contribution is 2.54. The molecule has 2 bridgehead atoms. The van der Waals surface area contributed by atoms with Crippen molar-refractivity contribution in [3.05, 3.63) is 0 Å². The Kier molecular flexibility index (Phi) is 4.90. The van der Waals surface area contributed by atoms with Gasteiger partial charge >= 0.3 is 7.12 Å². The molecule has 0 aromatic heterocycles. The van der Waals surface area contributed by atoms with Gasteiger partial charge in [-0.2, -0.15) is 0 Å². The highest BCUT2D eigenvalue weighted by Gasteiger charge is 2.50. The monoisotopic (exact) mass is 286 g/mol. The van der Waals surface area contributed by atoms with Gasteiger partial charge in [-0.15, -0.1) is 11.6 Å². The molecule has 0 aromatic carbocycles. The van der Waals surface area contributed by atoms with Crippen LogP contribution in [0.2, 0.25) is 0 Å². The summed E-state index contributed by atoms with van der Waals surface area (Å²) < 4.78 is 12.1. The summed E-state index contributed by atoms with van der Waals surface area (Å²) in [7, 11) is -0.241. The predicted molar refractivity (Wildman–Crippen MR) is 81.3 cm³/mol. The Morgan fingerprint density at radius 3 is 2.53 bits per heavy atom. The van der Waals surface area contributed by atoms with E-state index >= 15 is 0 Å². The van der Waals surface area contributed by atoms with Crippen LogP contribution in [0.5, 0.6) is 0 Å². The van der Waals surface area contributed by atoms with Gasteiger partial charge in [-0.05, 0) is 49.4 Å². The minimum Gasteiger partial charge on any atom is -0.410 e. The Bertz CT molecular complexity index is 309. The first-order valence-electron chi connectivity index (χ1n) is 7.71. The average molecular weight is 287 g/mol. The van der Waals surface area contributed by atoms with E-state index in [4.69, 9.17) is 20.9 Å². The van der Waals surface area contributed by atoms with E-state index in [0.29, 0.717) is 17.3 Å². The van der Waals surface area contributed by atoms with Crippen molar-refractivity contribution < 1.29 is 9.31 Å². The minimum absolute atomic E-state index is 0.0409. The molecule has 0 amide bonds. The second-order valence-corrected chi connectivity index (χ2v) is 8.04. The number of alkyl halides is 1. The van der Waals surface area contributed by atoms with E-state index in [1.807, 2.05) is 0 Å². The Balaban J connectivity index is 2.00. The number of halogens is 1. The molecule has 1 aliphatic carbocycles. The van der Waals surface area contributed by atoms with Crippen molar-refractivity contribution in [2.75, 3.05) is 6.61 Å². The van der Waals surface area contributed by atoms with Crippen molar-refractivity contribution in [1.82, 2.24) is 0 Å². The van der Waals surface area contributed by atoms with Gasteiger partial charge in [0, 0.05) is 12.7 Å². The lowest BCUT2D eigenvalue weighted by Gasteiger charge is -2.52. The van der Waals surface area contributed by atoms with Gasteiger partial charge in [-0.25, -0.2) is 0 Å². The molecule has 2 aliphatic heterocycles. The third-order valence-electron chi connectivity index (χ3n) is 5.11. The number of fused-ring (bicyclic) bond motifs is 5. The van der Waals surface area contributed by atoms with Crippen LogP contribution in [0.3, 0.4) is 0 Å². The van der Waals surface area contributed by atoms with Crippen molar-refractivity contribution >= 4 is 18.7 Å². The molecule has 110 valence electrons. The molecule has 0 radical (unpaired) electrons. The molecule has 19 heavy (non-hydrogen) atoms. The predicted octanol–water partition coefficient (Wildman–Crippen LogP) is 4.16. The van der Waals surface area contributed by atoms with Crippen LogP contribution in [0.1, 0.15) is 53.9 Å². The molecule has 0 N–H and O–H groups in total. The minimum atomic E-state index is -0.241. The molecule has 3 rings (SSSR count). The Labute approximate surface area is 123 Å². The maximum Gasteiger partial charge on any atom is 0.476 e. The number of hydrogen-bond acceptors (Lipinski definition) is 2. The fraction of sp³-hybridized carbons (Fsp3) is 1.00. The van der Waals surface area contributed by atoms with E-state index < -0.39 is 0 Å². The third kappa shape index (κ3) is 3.48. The summed E-state index contributed by atoms with van der Waals surface area (Å²) in [5, 5.41) is -0.0409. The lowest BCUT2D eigenvalue weighted by atomic mass is 9.54. The Morgan fingerprint density at radius 1 is 1.26 bits per heavy atom. The first kappa shape index (κ1) is 15.7. The molecule has 3 aliphatic rings. The van der Waals surface area contributed by atoms with Crippen LogP contribution in [-0.4, -0.2) is 25.1 Å². The lowest BCUT2D eigenvalue weighted by molar-refractivity contribution is -0.0509. The third-order valence-corrected chi connectivity index (χ3v) is 5.49. The molecule has 2 saturated heterocycles. The van der Waals surface area contributed by atoms with Crippen LogP contribution >= 0.6 is 11.6 Å². The molecular weight excluding hydrogens is 258 g/mol. The zero-order valence-electron chi connectivity index (χ0n) is 13.0. The van der Waals surface area contributed by atoms with Crippen molar-refractivity contribution in [3.8, 4) is 0 Å². The van der Waals surface area contributed by atoms with E-state index in [2.05, 4.69) is 34.6 Å². The summed E-state index contributed by atoms with van der Waals surface area (Å²) in [6.45, 7) is 12.1. The van der Waals surface area contributed by atoms with Gasteiger partial charge < -0.3 is 9.31 Å². The lowest BCUT2D eigenvalue weighted by Crippen LogP contribution is -2.47. The molecule has 3 fully saturated rings. The van der Waals surface area contributed by atoms with Crippen LogP contribution in [0, 0.1) is 23.2 Å². The maximum absolute atomic E-state index is 6.48. The first-order chi connectivity index (χ1) is 8.80. The van der Waals surface area contributed by atoms with Gasteiger partial charge in [0.25, 0.3) is 0 Å². The summed E-state index contributed by atoms with van der Waals surface area (Å²) in [6.07, 6.45) is 3.59. The Morgan fingerprint density at radius 2 is 1.95 bits per heavy atom. The average Bonchev–Trinajstić information content (AvgIpc) is 2.40. The van der Waals surface area contributed by atoms with E-state index in [0.717, 1.165) is 25.4 Å². The standard InChI is InChI=1S/C15H28BClO2/c1-10(2)6-14(17)16-18-9-13-8-12(15(13,4)5)7-11(3)19-16/h10-14H,6-9H2,1-5H3/t11-,12-,13-,14-/m1/s1. The molecule has 2 nitrogen and oxygen atoms in total. The summed E-state index contributed by atoms with van der Waals surface area (Å²) in [5.74, 6) is 2.01. The van der Waals surface area contributed by atoms with Crippen LogP contribution in [0.15, 0.2) is 0 Å². The topological polar surface area (TPSA) is 18.5 Å². The summed E-state index contributed by atoms with van der Waals surface area (Å²) in [4.78, 5) is 0. The van der Waals surface area contributed by atoms with Crippen molar-refractivity contribution in [3.63, 3.8) is 0 Å². The second kappa shape index (κ2) is 5.95. The number of rotatable bonds is 3. The second-order valence-electron chi connectivity index (χ2n) is 7.48. The normalized spacial score (nSPS) is 36.2. The van der Waals surface area contributed by atoms with Gasteiger partial charge in [0.15, 0.2) is 0 Å². The zero-order chi connectivity index (χ0) is 14.2. The van der Waals surface area contributed by atoms with Gasteiger partial charge in [-0.3, -0.25) is 0 Å².